The van der Waals surface area contributed by atoms with Crippen LogP contribution in [0, 0.1) is 22.5 Å². The number of hydrogen-bond acceptors (Lipinski definition) is 3. The number of halogens is 2. The summed E-state index contributed by atoms with van der Waals surface area (Å²) in [5.74, 6) is -2.84. The van der Waals surface area contributed by atoms with Crippen LogP contribution in [0.15, 0.2) is 42.2 Å². The molecule has 0 bridgehead atoms. The summed E-state index contributed by atoms with van der Waals surface area (Å²) in [4.78, 5) is 25.9. The van der Waals surface area contributed by atoms with Crippen LogP contribution in [0.1, 0.15) is 45.7 Å². The van der Waals surface area contributed by atoms with E-state index in [2.05, 4.69) is 0 Å². The van der Waals surface area contributed by atoms with Gasteiger partial charge in [-0.05, 0) is 68.5 Å². The largest absolute Gasteiger partial charge is 0.510 e. The second kappa shape index (κ2) is 6.90. The molecule has 1 N–H and O–H groups in total. The second-order valence-corrected chi connectivity index (χ2v) is 8.49. The average Bonchev–Trinajstić information content (AvgIpc) is 2.68. The van der Waals surface area contributed by atoms with Crippen LogP contribution in [0.5, 0.6) is 0 Å². The maximum atomic E-state index is 13.6. The average molecular weight is 398 g/mol. The molecular weight excluding hydrogens is 374 g/mol. The minimum atomic E-state index is -1.26. The highest BCUT2D eigenvalue weighted by Gasteiger charge is 2.53. The van der Waals surface area contributed by atoms with Crippen LogP contribution in [0.2, 0.25) is 0 Å². The standard InChI is InChI=1S/C24H24F2O3/c1-6-13-11-14(15-8-10-17(25)18(26)12-15)7-9-16(13)19-20(27)23(2,3)22(29)24(4,5)21(19)28/h7-12,27H,6H2,1-5H3. The molecule has 0 saturated carbocycles. The van der Waals surface area contributed by atoms with Crippen molar-refractivity contribution in [2.75, 3.05) is 0 Å². The molecule has 0 atom stereocenters. The van der Waals surface area contributed by atoms with Crippen LogP contribution in [0.4, 0.5) is 8.78 Å². The highest BCUT2D eigenvalue weighted by molar-refractivity contribution is 6.33. The number of benzene rings is 2. The Bertz CT molecular complexity index is 1060. The quantitative estimate of drug-likeness (QED) is 0.678. The molecule has 1 aliphatic rings. The highest BCUT2D eigenvalue weighted by Crippen LogP contribution is 2.47. The fourth-order valence-electron chi connectivity index (χ4n) is 3.96. The number of rotatable bonds is 3. The number of allylic oxidation sites excluding steroid dienone is 2. The number of hydrogen-bond donors (Lipinski definition) is 1. The number of Topliss-reactive ketones (excluding diaryl/α,β-unsaturated/α-hetero) is 2. The van der Waals surface area contributed by atoms with Crippen LogP contribution < -0.4 is 0 Å². The summed E-state index contributed by atoms with van der Waals surface area (Å²) in [5, 5.41) is 10.8. The van der Waals surface area contributed by atoms with E-state index in [4.69, 9.17) is 0 Å². The lowest BCUT2D eigenvalue weighted by molar-refractivity contribution is -0.143. The Balaban J connectivity index is 2.21. The fourth-order valence-corrected chi connectivity index (χ4v) is 3.96. The van der Waals surface area contributed by atoms with Crippen LogP contribution in [-0.4, -0.2) is 16.7 Å². The second-order valence-electron chi connectivity index (χ2n) is 8.49. The molecule has 0 amide bonds. The zero-order valence-electron chi connectivity index (χ0n) is 17.2. The van der Waals surface area contributed by atoms with Gasteiger partial charge in [0.2, 0.25) is 0 Å². The van der Waals surface area contributed by atoms with E-state index < -0.39 is 28.2 Å². The normalized spacial score (nSPS) is 18.3. The molecule has 5 heteroatoms. The van der Waals surface area contributed by atoms with E-state index in [0.29, 0.717) is 23.1 Å². The SMILES string of the molecule is CCc1cc(-c2ccc(F)c(F)c2)ccc1C1=C(O)C(C)(C)C(=O)C(C)(C)C1=O. The molecule has 3 nitrogen and oxygen atoms in total. The van der Waals surface area contributed by atoms with Gasteiger partial charge >= 0.3 is 0 Å². The van der Waals surface area contributed by atoms with Crippen LogP contribution in [0.3, 0.4) is 0 Å². The number of aliphatic hydroxyl groups is 1. The summed E-state index contributed by atoms with van der Waals surface area (Å²) >= 11 is 0. The lowest BCUT2D eigenvalue weighted by Crippen LogP contribution is -2.48. The van der Waals surface area contributed by atoms with Gasteiger partial charge in [0.05, 0.1) is 16.4 Å². The summed E-state index contributed by atoms with van der Waals surface area (Å²) < 4.78 is 26.9. The third kappa shape index (κ3) is 3.18. The van der Waals surface area contributed by atoms with Crippen LogP contribution >= 0.6 is 0 Å². The fraction of sp³-hybridized carbons (Fsp3) is 0.333. The summed E-state index contributed by atoms with van der Waals surface area (Å²) in [5.41, 5.74) is 0.202. The Labute approximate surface area is 169 Å². The van der Waals surface area contributed by atoms with Crippen molar-refractivity contribution in [1.82, 2.24) is 0 Å². The number of carbonyl (C=O) groups excluding carboxylic acids is 2. The van der Waals surface area contributed by atoms with Crippen molar-refractivity contribution in [3.8, 4) is 11.1 Å². The van der Waals surface area contributed by atoms with Gasteiger partial charge in [-0.25, -0.2) is 8.78 Å². The van der Waals surface area contributed by atoms with Gasteiger partial charge in [-0.3, -0.25) is 9.59 Å². The van der Waals surface area contributed by atoms with Crippen LogP contribution in [-0.2, 0) is 16.0 Å². The van der Waals surface area contributed by atoms with Crippen LogP contribution in [0.25, 0.3) is 16.7 Å². The van der Waals surface area contributed by atoms with E-state index in [1.165, 1.54) is 6.07 Å². The molecule has 3 rings (SSSR count). The Morgan fingerprint density at radius 1 is 0.862 bits per heavy atom. The van der Waals surface area contributed by atoms with Crippen molar-refractivity contribution in [1.29, 1.82) is 0 Å². The van der Waals surface area contributed by atoms with E-state index in [-0.39, 0.29) is 17.1 Å². The number of carbonyl (C=O) groups is 2. The lowest BCUT2D eigenvalue weighted by atomic mass is 9.62. The molecule has 0 radical (unpaired) electrons. The van der Waals surface area contributed by atoms with E-state index in [1.807, 2.05) is 6.92 Å². The van der Waals surface area contributed by atoms with Crippen molar-refractivity contribution in [3.05, 3.63) is 64.9 Å². The Morgan fingerprint density at radius 2 is 1.45 bits per heavy atom. The summed E-state index contributed by atoms with van der Waals surface area (Å²) in [7, 11) is 0. The van der Waals surface area contributed by atoms with E-state index in [1.54, 1.807) is 45.9 Å². The minimum Gasteiger partial charge on any atom is -0.510 e. The molecule has 0 aliphatic heterocycles. The van der Waals surface area contributed by atoms with Gasteiger partial charge in [0.15, 0.2) is 23.2 Å². The van der Waals surface area contributed by atoms with Crippen molar-refractivity contribution >= 4 is 17.1 Å². The molecule has 0 unspecified atom stereocenters. The minimum absolute atomic E-state index is 0.147. The molecule has 152 valence electrons. The first-order valence-corrected chi connectivity index (χ1v) is 9.55. The van der Waals surface area contributed by atoms with E-state index >= 15 is 0 Å². The zero-order valence-corrected chi connectivity index (χ0v) is 17.2. The molecule has 0 aromatic heterocycles. The number of aryl methyl sites for hydroxylation is 1. The molecule has 29 heavy (non-hydrogen) atoms. The predicted octanol–water partition coefficient (Wildman–Crippen LogP) is 5.67. The van der Waals surface area contributed by atoms with Crippen molar-refractivity contribution < 1.29 is 23.5 Å². The molecule has 2 aromatic carbocycles. The molecule has 0 spiro atoms. The first-order valence-electron chi connectivity index (χ1n) is 9.55. The van der Waals surface area contributed by atoms with Gasteiger partial charge in [0.25, 0.3) is 0 Å². The van der Waals surface area contributed by atoms with Crippen molar-refractivity contribution in [3.63, 3.8) is 0 Å². The van der Waals surface area contributed by atoms with Gasteiger partial charge in [-0.2, -0.15) is 0 Å². The third-order valence-corrected chi connectivity index (χ3v) is 5.77. The lowest BCUT2D eigenvalue weighted by Gasteiger charge is -2.38. The summed E-state index contributed by atoms with van der Waals surface area (Å²) in [6, 6.07) is 8.87. The Hall–Kier alpha value is -2.82. The first-order chi connectivity index (χ1) is 13.4. The van der Waals surface area contributed by atoms with E-state index in [9.17, 15) is 23.5 Å². The zero-order chi connectivity index (χ0) is 21.7. The topological polar surface area (TPSA) is 54.4 Å². The number of aliphatic hydroxyl groups excluding tert-OH is 1. The highest BCUT2D eigenvalue weighted by atomic mass is 19.2. The Morgan fingerprint density at radius 3 is 2.03 bits per heavy atom. The van der Waals surface area contributed by atoms with Crippen molar-refractivity contribution in [2.45, 2.75) is 41.0 Å². The summed E-state index contributed by atoms with van der Waals surface area (Å²) in [6.07, 6.45) is 0.547. The van der Waals surface area contributed by atoms with Gasteiger partial charge in [-0.1, -0.05) is 31.2 Å². The predicted molar refractivity (Wildman–Crippen MR) is 108 cm³/mol. The molecule has 1 aliphatic carbocycles. The molecule has 2 aromatic rings. The van der Waals surface area contributed by atoms with E-state index in [0.717, 1.165) is 17.7 Å². The third-order valence-electron chi connectivity index (χ3n) is 5.77. The summed E-state index contributed by atoms with van der Waals surface area (Å²) in [6.45, 7) is 8.28. The van der Waals surface area contributed by atoms with Gasteiger partial charge < -0.3 is 5.11 Å². The first kappa shape index (κ1) is 20.9. The molecule has 0 fully saturated rings. The molecule has 0 saturated heterocycles. The maximum Gasteiger partial charge on any atom is 0.179 e. The smallest absolute Gasteiger partial charge is 0.179 e. The molecule has 0 heterocycles. The monoisotopic (exact) mass is 398 g/mol. The number of ketones is 2. The van der Waals surface area contributed by atoms with Gasteiger partial charge in [0, 0.05) is 0 Å². The Kier molecular flexibility index (Phi) is 4.98. The van der Waals surface area contributed by atoms with Gasteiger partial charge in [0.1, 0.15) is 5.76 Å². The maximum absolute atomic E-state index is 13.6. The van der Waals surface area contributed by atoms with Crippen molar-refractivity contribution in [2.24, 2.45) is 10.8 Å². The van der Waals surface area contributed by atoms with Gasteiger partial charge in [-0.15, -0.1) is 0 Å². The molecular formula is C24H24F2O3.